The van der Waals surface area contributed by atoms with Crippen LogP contribution in [-0.4, -0.2) is 63.1 Å². The molecule has 104 valence electrons. The van der Waals surface area contributed by atoms with Crippen LogP contribution in [0.4, 0.5) is 0 Å². The first-order valence-electron chi connectivity index (χ1n) is 6.63. The maximum absolute atomic E-state index is 9.62. The van der Waals surface area contributed by atoms with E-state index in [1.165, 1.54) is 6.42 Å². The van der Waals surface area contributed by atoms with Crippen LogP contribution in [-0.2, 0) is 4.74 Å². The van der Waals surface area contributed by atoms with Crippen molar-refractivity contribution in [2.75, 3.05) is 46.9 Å². The van der Waals surface area contributed by atoms with Crippen molar-refractivity contribution in [1.82, 2.24) is 10.2 Å². The summed E-state index contributed by atoms with van der Waals surface area (Å²) >= 11 is 0. The first kappa shape index (κ1) is 16.8. The summed E-state index contributed by atoms with van der Waals surface area (Å²) in [5, 5.41) is 12.8. The predicted octanol–water partition coefficient (Wildman–Crippen LogP) is 0.951. The summed E-state index contributed by atoms with van der Waals surface area (Å²) in [5.74, 6) is 0.733. The number of nitrogens with one attached hydrogen (secondary N) is 1. The lowest BCUT2D eigenvalue weighted by molar-refractivity contribution is 0.0347. The Kier molecular flexibility index (Phi) is 10.9. The molecule has 4 heteroatoms. The zero-order valence-electron chi connectivity index (χ0n) is 11.9. The molecule has 2 N–H and O–H groups in total. The molecule has 1 unspecified atom stereocenters. The summed E-state index contributed by atoms with van der Waals surface area (Å²) in [6.45, 7) is 8.12. The molecular weight excluding hydrogens is 216 g/mol. The molecule has 1 atom stereocenters. The summed E-state index contributed by atoms with van der Waals surface area (Å²) in [6, 6.07) is 0. The van der Waals surface area contributed by atoms with Crippen molar-refractivity contribution < 1.29 is 9.84 Å². The van der Waals surface area contributed by atoms with E-state index < -0.39 is 6.10 Å². The first-order chi connectivity index (χ1) is 8.02. The van der Waals surface area contributed by atoms with Crippen molar-refractivity contribution in [1.29, 1.82) is 0 Å². The van der Waals surface area contributed by atoms with E-state index in [0.29, 0.717) is 13.2 Å². The average molecular weight is 246 g/mol. The molecule has 0 aromatic carbocycles. The molecule has 0 aromatic heterocycles. The van der Waals surface area contributed by atoms with Crippen LogP contribution in [0.2, 0.25) is 0 Å². The lowest BCUT2D eigenvalue weighted by atomic mass is 10.1. The monoisotopic (exact) mass is 246 g/mol. The van der Waals surface area contributed by atoms with Gasteiger partial charge in [-0.2, -0.15) is 0 Å². The van der Waals surface area contributed by atoms with Gasteiger partial charge >= 0.3 is 0 Å². The number of hydrogen-bond donors (Lipinski definition) is 2. The quantitative estimate of drug-likeness (QED) is 0.533. The molecule has 0 saturated carbocycles. The molecular formula is C13H30N2O2. The average Bonchev–Trinajstić information content (AvgIpc) is 2.23. The fourth-order valence-corrected chi connectivity index (χ4v) is 1.44. The molecule has 0 aliphatic carbocycles. The number of nitrogens with zero attached hydrogens (tertiary/aromatic N) is 1. The van der Waals surface area contributed by atoms with Gasteiger partial charge in [-0.05, 0) is 32.9 Å². The van der Waals surface area contributed by atoms with Crippen molar-refractivity contribution in [3.8, 4) is 0 Å². The van der Waals surface area contributed by atoms with Crippen LogP contribution in [0.15, 0.2) is 0 Å². The summed E-state index contributed by atoms with van der Waals surface area (Å²) in [5.41, 5.74) is 0. The first-order valence-corrected chi connectivity index (χ1v) is 6.63. The number of aliphatic hydroxyl groups is 1. The largest absolute Gasteiger partial charge is 0.389 e. The maximum Gasteiger partial charge on any atom is 0.0897 e. The fraction of sp³-hybridized carbons (Fsp3) is 1.00. The van der Waals surface area contributed by atoms with Crippen LogP contribution in [0.1, 0.15) is 26.7 Å². The fourth-order valence-electron chi connectivity index (χ4n) is 1.44. The van der Waals surface area contributed by atoms with Gasteiger partial charge in [0.25, 0.3) is 0 Å². The van der Waals surface area contributed by atoms with E-state index in [0.717, 1.165) is 32.0 Å². The molecule has 0 fully saturated rings. The molecule has 4 nitrogen and oxygen atoms in total. The van der Waals surface area contributed by atoms with Crippen LogP contribution in [0.25, 0.3) is 0 Å². The Morgan fingerprint density at radius 1 is 1.29 bits per heavy atom. The topological polar surface area (TPSA) is 44.7 Å². The molecule has 0 amide bonds. The zero-order chi connectivity index (χ0) is 13.1. The second-order valence-corrected chi connectivity index (χ2v) is 5.27. The van der Waals surface area contributed by atoms with Crippen molar-refractivity contribution in [2.45, 2.75) is 32.8 Å². The Balaban J connectivity index is 3.20. The van der Waals surface area contributed by atoms with Gasteiger partial charge in [-0.15, -0.1) is 0 Å². The second-order valence-electron chi connectivity index (χ2n) is 5.27. The van der Waals surface area contributed by atoms with Gasteiger partial charge in [0, 0.05) is 26.2 Å². The molecule has 0 saturated heterocycles. The molecule has 0 aliphatic heterocycles. The lowest BCUT2D eigenvalue weighted by Crippen LogP contribution is -2.34. The van der Waals surface area contributed by atoms with Gasteiger partial charge in [0.1, 0.15) is 0 Å². The van der Waals surface area contributed by atoms with E-state index >= 15 is 0 Å². The molecule has 17 heavy (non-hydrogen) atoms. The van der Waals surface area contributed by atoms with Crippen LogP contribution in [0, 0.1) is 5.92 Å². The number of rotatable bonds is 11. The third kappa shape index (κ3) is 13.8. The number of hydrogen-bond acceptors (Lipinski definition) is 4. The molecule has 0 rings (SSSR count). The Hall–Kier alpha value is -0.160. The Morgan fingerprint density at radius 2 is 2.00 bits per heavy atom. The number of ether oxygens (including phenoxy) is 1. The molecule has 0 radical (unpaired) electrons. The van der Waals surface area contributed by atoms with Crippen LogP contribution >= 0.6 is 0 Å². The summed E-state index contributed by atoms with van der Waals surface area (Å²) in [7, 11) is 4.08. The summed E-state index contributed by atoms with van der Waals surface area (Å²) in [6.07, 6.45) is 1.88. The molecule has 0 heterocycles. The standard InChI is InChI=1S/C13H30N2O2/c1-12(2)6-5-9-17-11-13(16)10-14-7-8-15(3)4/h12-14,16H,5-11H2,1-4H3. The van der Waals surface area contributed by atoms with Gasteiger partial charge in [0.05, 0.1) is 12.7 Å². The zero-order valence-corrected chi connectivity index (χ0v) is 11.9. The van der Waals surface area contributed by atoms with Crippen molar-refractivity contribution in [2.24, 2.45) is 5.92 Å². The molecule has 0 aliphatic rings. The predicted molar refractivity (Wildman–Crippen MR) is 72.3 cm³/mol. The van der Waals surface area contributed by atoms with Gasteiger partial charge in [0.15, 0.2) is 0 Å². The molecule has 0 aromatic rings. The number of aliphatic hydroxyl groups excluding tert-OH is 1. The van der Waals surface area contributed by atoms with E-state index in [1.54, 1.807) is 0 Å². The van der Waals surface area contributed by atoms with Crippen LogP contribution in [0.3, 0.4) is 0 Å². The smallest absolute Gasteiger partial charge is 0.0897 e. The third-order valence-corrected chi connectivity index (χ3v) is 2.50. The molecule has 0 spiro atoms. The minimum Gasteiger partial charge on any atom is -0.389 e. The Bertz CT molecular complexity index is 163. The minimum absolute atomic E-state index is 0.392. The second kappa shape index (κ2) is 11.0. The Labute approximate surface area is 106 Å². The maximum atomic E-state index is 9.62. The highest BCUT2D eigenvalue weighted by Gasteiger charge is 2.03. The van der Waals surface area contributed by atoms with Crippen molar-refractivity contribution >= 4 is 0 Å². The SMILES string of the molecule is CC(C)CCCOCC(O)CNCCN(C)C. The summed E-state index contributed by atoms with van der Waals surface area (Å²) < 4.78 is 5.42. The molecule has 0 bridgehead atoms. The number of likely N-dealkylation sites (N-methyl/N-ethyl adjacent to an activating group) is 1. The highest BCUT2D eigenvalue weighted by atomic mass is 16.5. The lowest BCUT2D eigenvalue weighted by Gasteiger charge is -2.14. The van der Waals surface area contributed by atoms with Crippen molar-refractivity contribution in [3.63, 3.8) is 0 Å². The van der Waals surface area contributed by atoms with E-state index in [1.807, 2.05) is 14.1 Å². The van der Waals surface area contributed by atoms with Gasteiger partial charge in [-0.25, -0.2) is 0 Å². The van der Waals surface area contributed by atoms with Gasteiger partial charge in [0.2, 0.25) is 0 Å². The van der Waals surface area contributed by atoms with E-state index in [9.17, 15) is 5.11 Å². The summed E-state index contributed by atoms with van der Waals surface area (Å²) in [4.78, 5) is 2.11. The highest BCUT2D eigenvalue weighted by molar-refractivity contribution is 4.59. The third-order valence-electron chi connectivity index (χ3n) is 2.50. The van der Waals surface area contributed by atoms with Crippen molar-refractivity contribution in [3.05, 3.63) is 0 Å². The minimum atomic E-state index is -0.392. The van der Waals surface area contributed by atoms with E-state index in [2.05, 4.69) is 24.1 Å². The van der Waals surface area contributed by atoms with E-state index in [4.69, 9.17) is 4.74 Å². The Morgan fingerprint density at radius 3 is 2.59 bits per heavy atom. The van der Waals surface area contributed by atoms with Gasteiger partial charge in [-0.1, -0.05) is 13.8 Å². The van der Waals surface area contributed by atoms with Gasteiger partial charge < -0.3 is 20.1 Å². The van der Waals surface area contributed by atoms with E-state index in [-0.39, 0.29) is 0 Å². The van der Waals surface area contributed by atoms with Gasteiger partial charge in [-0.3, -0.25) is 0 Å². The van der Waals surface area contributed by atoms with Crippen LogP contribution in [0.5, 0.6) is 0 Å². The normalized spacial score (nSPS) is 13.6. The van der Waals surface area contributed by atoms with Crippen LogP contribution < -0.4 is 5.32 Å². The highest BCUT2D eigenvalue weighted by Crippen LogP contribution is 2.03.